The van der Waals surface area contributed by atoms with Crippen molar-refractivity contribution in [1.82, 2.24) is 4.98 Å². The predicted octanol–water partition coefficient (Wildman–Crippen LogP) is 6.02. The Morgan fingerprint density at radius 3 is 2.67 bits per heavy atom. The number of carbonyl (C=O) groups is 1. The Balaban J connectivity index is 1.61. The number of aryl methyl sites for hydroxylation is 2. The minimum absolute atomic E-state index is 0.153. The Morgan fingerprint density at radius 2 is 1.85 bits per heavy atom. The number of nitrogens with one attached hydrogen (secondary N) is 1. The SMILES string of the molecule is Cc1ccc(C(=O)Nc2cccc(-c3nc4cc(Cl)ccc4o3)c2)cc1C. The first kappa shape index (κ1) is 17.3. The number of carbonyl (C=O) groups excluding carboxylic acids is 1. The Labute approximate surface area is 161 Å². The molecule has 0 saturated heterocycles. The Bertz CT molecular complexity index is 1160. The summed E-state index contributed by atoms with van der Waals surface area (Å²) in [5, 5.41) is 3.54. The van der Waals surface area contributed by atoms with Gasteiger partial charge in [0.25, 0.3) is 5.91 Å². The number of oxazole rings is 1. The summed E-state index contributed by atoms with van der Waals surface area (Å²) in [6.45, 7) is 4.01. The van der Waals surface area contributed by atoms with Crippen molar-refractivity contribution in [2.75, 3.05) is 5.32 Å². The second-order valence-corrected chi connectivity index (χ2v) is 6.90. The second-order valence-electron chi connectivity index (χ2n) is 6.47. The predicted molar refractivity (Wildman–Crippen MR) is 108 cm³/mol. The molecule has 0 atom stereocenters. The first-order valence-electron chi connectivity index (χ1n) is 8.55. The van der Waals surface area contributed by atoms with E-state index in [1.165, 1.54) is 0 Å². The number of hydrogen-bond donors (Lipinski definition) is 1. The third-order valence-corrected chi connectivity index (χ3v) is 4.72. The Kier molecular flexibility index (Phi) is 4.42. The zero-order valence-corrected chi connectivity index (χ0v) is 15.7. The summed E-state index contributed by atoms with van der Waals surface area (Å²) >= 11 is 6.01. The number of amides is 1. The van der Waals surface area contributed by atoms with E-state index in [1.807, 2.05) is 56.3 Å². The molecule has 134 valence electrons. The number of halogens is 1. The van der Waals surface area contributed by atoms with Crippen molar-refractivity contribution >= 4 is 34.3 Å². The minimum Gasteiger partial charge on any atom is -0.436 e. The molecule has 1 amide bonds. The first-order valence-corrected chi connectivity index (χ1v) is 8.92. The number of nitrogens with zero attached hydrogens (tertiary/aromatic N) is 1. The number of hydrogen-bond acceptors (Lipinski definition) is 3. The quantitative estimate of drug-likeness (QED) is 0.475. The summed E-state index contributed by atoms with van der Waals surface area (Å²) in [4.78, 5) is 17.0. The fourth-order valence-electron chi connectivity index (χ4n) is 2.84. The van der Waals surface area contributed by atoms with Crippen LogP contribution in [0.3, 0.4) is 0 Å². The van der Waals surface area contributed by atoms with Gasteiger partial charge in [0, 0.05) is 21.8 Å². The molecule has 0 bridgehead atoms. The molecule has 5 heteroatoms. The van der Waals surface area contributed by atoms with Crippen LogP contribution in [0.4, 0.5) is 5.69 Å². The molecule has 0 saturated carbocycles. The summed E-state index contributed by atoms with van der Waals surface area (Å²) in [5.74, 6) is 0.328. The lowest BCUT2D eigenvalue weighted by Gasteiger charge is -2.08. The van der Waals surface area contributed by atoms with E-state index in [-0.39, 0.29) is 5.91 Å². The highest BCUT2D eigenvalue weighted by atomic mass is 35.5. The molecule has 0 aliphatic carbocycles. The fraction of sp³-hybridized carbons (Fsp3) is 0.0909. The topological polar surface area (TPSA) is 55.1 Å². The third kappa shape index (κ3) is 3.57. The zero-order chi connectivity index (χ0) is 19.0. The van der Waals surface area contributed by atoms with Crippen molar-refractivity contribution in [3.63, 3.8) is 0 Å². The number of rotatable bonds is 3. The van der Waals surface area contributed by atoms with E-state index in [2.05, 4.69) is 10.3 Å². The number of anilines is 1. The van der Waals surface area contributed by atoms with Crippen LogP contribution in [-0.2, 0) is 0 Å². The van der Waals surface area contributed by atoms with Crippen LogP contribution in [0.25, 0.3) is 22.6 Å². The molecule has 3 aromatic carbocycles. The van der Waals surface area contributed by atoms with Crippen molar-refractivity contribution in [3.05, 3.63) is 82.4 Å². The number of benzene rings is 3. The molecule has 0 aliphatic rings. The van der Waals surface area contributed by atoms with E-state index in [0.29, 0.717) is 33.3 Å². The number of fused-ring (bicyclic) bond motifs is 1. The van der Waals surface area contributed by atoms with Gasteiger partial charge in [-0.25, -0.2) is 4.98 Å². The largest absolute Gasteiger partial charge is 0.436 e. The molecule has 4 rings (SSSR count). The monoisotopic (exact) mass is 376 g/mol. The van der Waals surface area contributed by atoms with E-state index in [0.717, 1.165) is 16.7 Å². The van der Waals surface area contributed by atoms with Gasteiger partial charge in [-0.2, -0.15) is 0 Å². The molecule has 27 heavy (non-hydrogen) atoms. The standard InChI is InChI=1S/C22H17ClN2O2/c1-13-6-7-15(10-14(13)2)21(26)24-18-5-3-4-16(11-18)22-25-19-12-17(23)8-9-20(19)27-22/h3-12H,1-2H3,(H,24,26). The van der Waals surface area contributed by atoms with E-state index < -0.39 is 0 Å². The molecule has 4 aromatic rings. The van der Waals surface area contributed by atoms with Crippen LogP contribution < -0.4 is 5.32 Å². The lowest BCUT2D eigenvalue weighted by molar-refractivity contribution is 0.102. The van der Waals surface area contributed by atoms with Crippen LogP contribution in [0, 0.1) is 13.8 Å². The second kappa shape index (κ2) is 6.89. The highest BCUT2D eigenvalue weighted by Gasteiger charge is 2.11. The molecule has 0 spiro atoms. The molecule has 0 fully saturated rings. The number of aromatic nitrogens is 1. The molecule has 0 unspecified atom stereocenters. The lowest BCUT2D eigenvalue weighted by atomic mass is 10.1. The van der Waals surface area contributed by atoms with Gasteiger partial charge < -0.3 is 9.73 Å². The highest BCUT2D eigenvalue weighted by molar-refractivity contribution is 6.31. The molecule has 0 radical (unpaired) electrons. The van der Waals surface area contributed by atoms with Gasteiger partial charge in [-0.1, -0.05) is 23.7 Å². The van der Waals surface area contributed by atoms with Crippen LogP contribution in [0.5, 0.6) is 0 Å². The molecule has 1 heterocycles. The zero-order valence-electron chi connectivity index (χ0n) is 14.9. The molecule has 1 N–H and O–H groups in total. The average molecular weight is 377 g/mol. The van der Waals surface area contributed by atoms with Crippen molar-refractivity contribution in [3.8, 4) is 11.5 Å². The maximum absolute atomic E-state index is 12.5. The lowest BCUT2D eigenvalue weighted by Crippen LogP contribution is -2.12. The van der Waals surface area contributed by atoms with Crippen LogP contribution >= 0.6 is 11.6 Å². The summed E-state index contributed by atoms with van der Waals surface area (Å²) in [6, 6.07) is 18.4. The van der Waals surface area contributed by atoms with Gasteiger partial charge >= 0.3 is 0 Å². The fourth-order valence-corrected chi connectivity index (χ4v) is 3.01. The maximum Gasteiger partial charge on any atom is 0.255 e. The summed E-state index contributed by atoms with van der Waals surface area (Å²) in [5.41, 5.74) is 5.68. The molecular weight excluding hydrogens is 360 g/mol. The third-order valence-electron chi connectivity index (χ3n) is 4.49. The van der Waals surface area contributed by atoms with Crippen molar-refractivity contribution in [2.24, 2.45) is 0 Å². The van der Waals surface area contributed by atoms with Gasteiger partial charge in [0.05, 0.1) is 0 Å². The molecule has 1 aromatic heterocycles. The normalized spacial score (nSPS) is 10.9. The van der Waals surface area contributed by atoms with E-state index in [1.54, 1.807) is 18.2 Å². The Morgan fingerprint density at radius 1 is 1.00 bits per heavy atom. The Hall–Kier alpha value is -3.11. The van der Waals surface area contributed by atoms with Gasteiger partial charge in [0.1, 0.15) is 5.52 Å². The average Bonchev–Trinajstić information content (AvgIpc) is 3.07. The summed E-state index contributed by atoms with van der Waals surface area (Å²) < 4.78 is 5.80. The van der Waals surface area contributed by atoms with Crippen LogP contribution in [0.2, 0.25) is 5.02 Å². The van der Waals surface area contributed by atoms with Gasteiger partial charge in [0.2, 0.25) is 5.89 Å². The molecule has 0 aliphatic heterocycles. The van der Waals surface area contributed by atoms with Crippen molar-refractivity contribution in [2.45, 2.75) is 13.8 Å². The molecular formula is C22H17ClN2O2. The van der Waals surface area contributed by atoms with Crippen molar-refractivity contribution in [1.29, 1.82) is 0 Å². The summed E-state index contributed by atoms with van der Waals surface area (Å²) in [6.07, 6.45) is 0. The van der Waals surface area contributed by atoms with Gasteiger partial charge in [-0.3, -0.25) is 4.79 Å². The first-order chi connectivity index (χ1) is 13.0. The van der Waals surface area contributed by atoms with Crippen molar-refractivity contribution < 1.29 is 9.21 Å². The van der Waals surface area contributed by atoms with Gasteiger partial charge in [0.15, 0.2) is 5.58 Å². The van der Waals surface area contributed by atoms with E-state index in [9.17, 15) is 4.79 Å². The smallest absolute Gasteiger partial charge is 0.255 e. The van der Waals surface area contributed by atoms with Crippen LogP contribution in [0.15, 0.2) is 65.1 Å². The van der Waals surface area contributed by atoms with Gasteiger partial charge in [-0.15, -0.1) is 0 Å². The maximum atomic E-state index is 12.5. The summed E-state index contributed by atoms with van der Waals surface area (Å²) in [7, 11) is 0. The molecule has 4 nitrogen and oxygen atoms in total. The van der Waals surface area contributed by atoms with Crippen LogP contribution in [0.1, 0.15) is 21.5 Å². The van der Waals surface area contributed by atoms with E-state index in [4.69, 9.17) is 16.0 Å². The van der Waals surface area contributed by atoms with Gasteiger partial charge in [-0.05, 0) is 73.5 Å². The van der Waals surface area contributed by atoms with E-state index >= 15 is 0 Å². The minimum atomic E-state index is -0.153. The highest BCUT2D eigenvalue weighted by Crippen LogP contribution is 2.28. The van der Waals surface area contributed by atoms with Crippen LogP contribution in [-0.4, -0.2) is 10.9 Å².